The second kappa shape index (κ2) is 9.59. The second-order valence-electron chi connectivity index (χ2n) is 7.20. The number of amides is 1. The van der Waals surface area contributed by atoms with Crippen LogP contribution in [-0.2, 0) is 9.59 Å². The molecule has 1 atom stereocenters. The lowest BCUT2D eigenvalue weighted by Crippen LogP contribution is -2.36. The van der Waals surface area contributed by atoms with Crippen LogP contribution in [0, 0.1) is 11.3 Å². The minimum absolute atomic E-state index is 0.0886. The molecular weight excluding hydrogens is 390 g/mol. The Morgan fingerprint density at radius 1 is 1.10 bits per heavy atom. The predicted molar refractivity (Wildman–Crippen MR) is 119 cm³/mol. The summed E-state index contributed by atoms with van der Waals surface area (Å²) in [7, 11) is 0. The molecule has 0 spiro atoms. The molecule has 0 fully saturated rings. The number of rotatable bonds is 6. The van der Waals surface area contributed by atoms with Crippen LogP contribution in [0.4, 0.5) is 0 Å². The number of allylic oxidation sites excluding steroid dienone is 2. The van der Waals surface area contributed by atoms with Crippen molar-refractivity contribution in [3.63, 3.8) is 0 Å². The standard InChI is InChI=1S/C25H23N3O3/c1-16-21(24(29)27-13-7-11-18-8-4-3-5-9-18)23(22(25(30)31)17(2)28-16)20-12-6-10-19(14-20)15-26/h3-12,14,23,28H,13H2,1-2H3,(H,27,29)(H,30,31)/b11-7+. The van der Waals surface area contributed by atoms with Crippen LogP contribution < -0.4 is 10.6 Å². The number of carbonyl (C=O) groups excluding carboxylic acids is 1. The average molecular weight is 413 g/mol. The van der Waals surface area contributed by atoms with E-state index in [9.17, 15) is 20.0 Å². The van der Waals surface area contributed by atoms with Crippen molar-refractivity contribution in [2.75, 3.05) is 6.54 Å². The third kappa shape index (κ3) is 4.90. The molecule has 1 aliphatic heterocycles. The van der Waals surface area contributed by atoms with Crippen LogP contribution in [0.25, 0.3) is 6.08 Å². The van der Waals surface area contributed by atoms with Gasteiger partial charge < -0.3 is 15.7 Å². The molecule has 0 bridgehead atoms. The summed E-state index contributed by atoms with van der Waals surface area (Å²) < 4.78 is 0. The van der Waals surface area contributed by atoms with Gasteiger partial charge in [0.2, 0.25) is 5.91 Å². The summed E-state index contributed by atoms with van der Waals surface area (Å²) in [4.78, 5) is 25.2. The molecule has 2 aromatic carbocycles. The molecule has 1 heterocycles. The van der Waals surface area contributed by atoms with Gasteiger partial charge in [0.05, 0.1) is 23.1 Å². The number of hydrogen-bond donors (Lipinski definition) is 3. The summed E-state index contributed by atoms with van der Waals surface area (Å²) in [6, 6.07) is 18.5. The van der Waals surface area contributed by atoms with Crippen LogP contribution in [0.15, 0.2) is 83.2 Å². The second-order valence-corrected chi connectivity index (χ2v) is 7.20. The maximum atomic E-state index is 13.1. The van der Waals surface area contributed by atoms with Crippen molar-refractivity contribution in [2.45, 2.75) is 19.8 Å². The van der Waals surface area contributed by atoms with E-state index in [0.717, 1.165) is 5.56 Å². The number of benzene rings is 2. The van der Waals surface area contributed by atoms with Gasteiger partial charge in [0, 0.05) is 23.5 Å². The van der Waals surface area contributed by atoms with Gasteiger partial charge in [-0.15, -0.1) is 0 Å². The highest BCUT2D eigenvalue weighted by molar-refractivity contribution is 6.01. The number of carbonyl (C=O) groups is 2. The summed E-state index contributed by atoms with van der Waals surface area (Å²) >= 11 is 0. The van der Waals surface area contributed by atoms with Gasteiger partial charge in [-0.3, -0.25) is 4.79 Å². The van der Waals surface area contributed by atoms with Crippen molar-refractivity contribution >= 4 is 18.0 Å². The summed E-state index contributed by atoms with van der Waals surface area (Å²) in [5.74, 6) is -2.26. The Labute approximate surface area is 181 Å². The SMILES string of the molecule is CC1=C(C(=O)O)C(c2cccc(C#N)c2)C(C(=O)NC/C=C/c2ccccc2)=C(C)N1. The number of nitrogens with one attached hydrogen (secondary N) is 2. The van der Waals surface area contributed by atoms with E-state index in [1.807, 2.05) is 42.5 Å². The van der Waals surface area contributed by atoms with E-state index in [0.29, 0.717) is 34.6 Å². The Bertz CT molecular complexity index is 1140. The third-order valence-corrected chi connectivity index (χ3v) is 5.07. The third-order valence-electron chi connectivity index (χ3n) is 5.07. The zero-order valence-corrected chi connectivity index (χ0v) is 17.3. The van der Waals surface area contributed by atoms with E-state index in [-0.39, 0.29) is 11.5 Å². The molecule has 0 saturated heterocycles. The first-order valence-electron chi connectivity index (χ1n) is 9.84. The van der Waals surface area contributed by atoms with E-state index in [4.69, 9.17) is 0 Å². The van der Waals surface area contributed by atoms with Crippen molar-refractivity contribution in [1.29, 1.82) is 5.26 Å². The lowest BCUT2D eigenvalue weighted by atomic mass is 9.79. The highest BCUT2D eigenvalue weighted by Crippen LogP contribution is 2.38. The Morgan fingerprint density at radius 2 is 1.81 bits per heavy atom. The molecule has 0 aliphatic carbocycles. The molecule has 0 saturated carbocycles. The summed E-state index contributed by atoms with van der Waals surface area (Å²) in [5.41, 5.74) is 3.47. The summed E-state index contributed by atoms with van der Waals surface area (Å²) in [5, 5.41) is 25.0. The highest BCUT2D eigenvalue weighted by atomic mass is 16.4. The number of hydrogen-bond acceptors (Lipinski definition) is 4. The smallest absolute Gasteiger partial charge is 0.334 e. The maximum absolute atomic E-state index is 13.1. The fourth-order valence-corrected chi connectivity index (χ4v) is 3.71. The van der Waals surface area contributed by atoms with E-state index >= 15 is 0 Å². The number of nitriles is 1. The first-order chi connectivity index (χ1) is 14.9. The topological polar surface area (TPSA) is 102 Å². The molecule has 6 heteroatoms. The van der Waals surface area contributed by atoms with Gasteiger partial charge in [-0.1, -0.05) is 54.6 Å². The molecule has 6 nitrogen and oxygen atoms in total. The largest absolute Gasteiger partial charge is 0.478 e. The van der Waals surface area contributed by atoms with E-state index in [1.54, 1.807) is 38.1 Å². The van der Waals surface area contributed by atoms with Crippen molar-refractivity contribution in [1.82, 2.24) is 10.6 Å². The summed E-state index contributed by atoms with van der Waals surface area (Å²) in [6.07, 6.45) is 3.74. The zero-order chi connectivity index (χ0) is 22.4. The molecular formula is C25H23N3O3. The molecule has 0 aromatic heterocycles. The normalized spacial score (nSPS) is 16.1. The van der Waals surface area contributed by atoms with Gasteiger partial charge in [0.1, 0.15) is 0 Å². The fraction of sp³-hybridized carbons (Fsp3) is 0.160. The first-order valence-corrected chi connectivity index (χ1v) is 9.84. The van der Waals surface area contributed by atoms with Gasteiger partial charge in [-0.2, -0.15) is 5.26 Å². The highest BCUT2D eigenvalue weighted by Gasteiger charge is 2.36. The van der Waals surface area contributed by atoms with Gasteiger partial charge in [0.15, 0.2) is 0 Å². The minimum Gasteiger partial charge on any atom is -0.478 e. The molecule has 1 aliphatic rings. The minimum atomic E-state index is -1.11. The van der Waals surface area contributed by atoms with Gasteiger partial charge in [-0.25, -0.2) is 4.79 Å². The number of carboxylic acid groups (broad SMARTS) is 1. The lowest BCUT2D eigenvalue weighted by Gasteiger charge is -2.30. The van der Waals surface area contributed by atoms with Crippen molar-refractivity contribution < 1.29 is 14.7 Å². The van der Waals surface area contributed by atoms with Gasteiger partial charge >= 0.3 is 5.97 Å². The van der Waals surface area contributed by atoms with E-state index in [1.165, 1.54) is 0 Å². The molecule has 3 N–H and O–H groups in total. The molecule has 31 heavy (non-hydrogen) atoms. The molecule has 1 unspecified atom stereocenters. The Balaban J connectivity index is 1.91. The van der Waals surface area contributed by atoms with Crippen LogP contribution in [0.1, 0.15) is 36.5 Å². The monoisotopic (exact) mass is 413 g/mol. The lowest BCUT2D eigenvalue weighted by molar-refractivity contribution is -0.133. The molecule has 2 aromatic rings. The molecule has 1 amide bonds. The first kappa shape index (κ1) is 21.6. The van der Waals surface area contributed by atoms with Crippen molar-refractivity contribution in [3.05, 3.63) is 99.9 Å². The number of aliphatic carboxylic acids is 1. The molecule has 0 radical (unpaired) electrons. The Kier molecular flexibility index (Phi) is 6.68. The van der Waals surface area contributed by atoms with Crippen LogP contribution >= 0.6 is 0 Å². The molecule has 156 valence electrons. The van der Waals surface area contributed by atoms with Crippen LogP contribution in [0.2, 0.25) is 0 Å². The molecule has 3 rings (SSSR count). The summed E-state index contributed by atoms with van der Waals surface area (Å²) in [6.45, 7) is 3.71. The van der Waals surface area contributed by atoms with Crippen LogP contribution in [-0.4, -0.2) is 23.5 Å². The number of dihydropyridines is 1. The number of nitrogens with zero attached hydrogens (tertiary/aromatic N) is 1. The maximum Gasteiger partial charge on any atom is 0.334 e. The van der Waals surface area contributed by atoms with Gasteiger partial charge in [-0.05, 0) is 37.1 Å². The quantitative estimate of drug-likeness (QED) is 0.670. The van der Waals surface area contributed by atoms with E-state index < -0.39 is 11.9 Å². The fourth-order valence-electron chi connectivity index (χ4n) is 3.71. The van der Waals surface area contributed by atoms with Crippen LogP contribution in [0.3, 0.4) is 0 Å². The number of carboxylic acids is 1. The zero-order valence-electron chi connectivity index (χ0n) is 17.3. The average Bonchev–Trinajstić information content (AvgIpc) is 2.76. The van der Waals surface area contributed by atoms with Crippen LogP contribution in [0.5, 0.6) is 0 Å². The Hall–Kier alpha value is -4.11. The predicted octanol–water partition coefficient (Wildman–Crippen LogP) is 3.71. The van der Waals surface area contributed by atoms with Crippen molar-refractivity contribution in [2.24, 2.45) is 0 Å². The van der Waals surface area contributed by atoms with E-state index in [2.05, 4.69) is 16.7 Å². The van der Waals surface area contributed by atoms with Crippen molar-refractivity contribution in [3.8, 4) is 6.07 Å². The van der Waals surface area contributed by atoms with Gasteiger partial charge in [0.25, 0.3) is 0 Å². The Morgan fingerprint density at radius 3 is 2.48 bits per heavy atom.